The first-order valence-electron chi connectivity index (χ1n) is 9.11. The van der Waals surface area contributed by atoms with Gasteiger partial charge in [0.1, 0.15) is 11.4 Å². The van der Waals surface area contributed by atoms with Gasteiger partial charge in [0, 0.05) is 29.8 Å². The van der Waals surface area contributed by atoms with Crippen LogP contribution in [0.3, 0.4) is 0 Å². The number of fused-ring (bicyclic) bond motifs is 1. The van der Waals surface area contributed by atoms with E-state index in [1.165, 1.54) is 13.0 Å². The summed E-state index contributed by atoms with van der Waals surface area (Å²) in [5, 5.41) is 0. The number of H-pyrrole nitrogens is 2. The lowest BCUT2D eigenvalue weighted by Gasteiger charge is -2.26. The van der Waals surface area contributed by atoms with E-state index in [2.05, 4.69) is 15.0 Å². The number of amides is 1. The Morgan fingerprint density at radius 2 is 1.86 bits per heavy atom. The predicted molar refractivity (Wildman–Crippen MR) is 104 cm³/mol. The monoisotopic (exact) mass is 376 g/mol. The summed E-state index contributed by atoms with van der Waals surface area (Å²) in [6.07, 6.45) is 0.605. The molecule has 1 amide bonds. The van der Waals surface area contributed by atoms with Crippen molar-refractivity contribution < 1.29 is 9.59 Å². The first kappa shape index (κ1) is 17.9. The maximum absolute atomic E-state index is 13.0. The third kappa shape index (κ3) is 3.15. The second kappa shape index (κ2) is 6.92. The molecule has 3 aromatic rings. The fraction of sp³-hybridized carbons (Fsp3) is 0.238. The lowest BCUT2D eigenvalue weighted by Crippen LogP contribution is -2.39. The average molecular weight is 376 g/mol. The molecule has 0 bridgehead atoms. The molecule has 0 spiro atoms. The van der Waals surface area contributed by atoms with Gasteiger partial charge in [-0.15, -0.1) is 0 Å². The first-order chi connectivity index (χ1) is 13.4. The Labute approximate surface area is 161 Å². The second-order valence-electron chi connectivity index (χ2n) is 6.96. The molecule has 7 nitrogen and oxygen atoms in total. The molecule has 28 heavy (non-hydrogen) atoms. The van der Waals surface area contributed by atoms with Gasteiger partial charge in [0.2, 0.25) is 0 Å². The average Bonchev–Trinajstić information content (AvgIpc) is 3.11. The van der Waals surface area contributed by atoms with Gasteiger partial charge in [0.05, 0.1) is 17.9 Å². The van der Waals surface area contributed by atoms with Crippen molar-refractivity contribution in [3.8, 4) is 11.4 Å². The molecular formula is C21H20N4O3. The number of carbonyl (C=O) groups is 2. The van der Waals surface area contributed by atoms with Crippen LogP contribution >= 0.6 is 0 Å². The van der Waals surface area contributed by atoms with E-state index in [0.29, 0.717) is 30.8 Å². The number of pyridine rings is 1. The number of aromatic nitrogens is 3. The molecule has 2 aromatic heterocycles. The predicted octanol–water partition coefficient (Wildman–Crippen LogP) is 2.47. The van der Waals surface area contributed by atoms with Crippen molar-refractivity contribution in [3.63, 3.8) is 0 Å². The highest BCUT2D eigenvalue weighted by molar-refractivity contribution is 6.00. The number of hydrogen-bond donors (Lipinski definition) is 2. The number of imidazole rings is 1. The number of carbonyl (C=O) groups excluding carboxylic acids is 2. The third-order valence-corrected chi connectivity index (χ3v) is 5.01. The summed E-state index contributed by atoms with van der Waals surface area (Å²) >= 11 is 0. The highest BCUT2D eigenvalue weighted by atomic mass is 16.2. The van der Waals surface area contributed by atoms with Gasteiger partial charge in [-0.1, -0.05) is 30.3 Å². The molecule has 0 radical (unpaired) electrons. The van der Waals surface area contributed by atoms with E-state index >= 15 is 0 Å². The molecule has 4 rings (SSSR count). The molecule has 2 N–H and O–H groups in total. The Kier molecular flexibility index (Phi) is 4.43. The quantitative estimate of drug-likeness (QED) is 0.686. The van der Waals surface area contributed by atoms with Gasteiger partial charge in [0.25, 0.3) is 11.5 Å². The molecule has 0 aliphatic carbocycles. The molecule has 0 fully saturated rings. The van der Waals surface area contributed by atoms with Gasteiger partial charge < -0.3 is 14.9 Å². The maximum Gasteiger partial charge on any atom is 0.261 e. The highest BCUT2D eigenvalue weighted by Gasteiger charge is 2.27. The van der Waals surface area contributed by atoms with Crippen LogP contribution < -0.4 is 5.56 Å². The van der Waals surface area contributed by atoms with Gasteiger partial charge in [-0.2, -0.15) is 0 Å². The first-order valence-corrected chi connectivity index (χ1v) is 9.11. The molecule has 1 aliphatic rings. The van der Waals surface area contributed by atoms with E-state index < -0.39 is 5.56 Å². The van der Waals surface area contributed by atoms with Crippen LogP contribution in [0.4, 0.5) is 0 Å². The minimum absolute atomic E-state index is 0.0120. The van der Waals surface area contributed by atoms with E-state index in [-0.39, 0.29) is 17.3 Å². The molecule has 0 atom stereocenters. The summed E-state index contributed by atoms with van der Waals surface area (Å²) in [6, 6.07) is 11.2. The highest BCUT2D eigenvalue weighted by Crippen LogP contribution is 2.23. The van der Waals surface area contributed by atoms with Crippen molar-refractivity contribution in [3.05, 3.63) is 75.0 Å². The Bertz CT molecular complexity index is 1130. The smallest absolute Gasteiger partial charge is 0.261 e. The summed E-state index contributed by atoms with van der Waals surface area (Å²) in [6.45, 7) is 3.87. The fourth-order valence-corrected chi connectivity index (χ4v) is 3.52. The van der Waals surface area contributed by atoms with Crippen LogP contribution in [-0.4, -0.2) is 38.1 Å². The van der Waals surface area contributed by atoms with E-state index in [1.54, 1.807) is 11.8 Å². The summed E-state index contributed by atoms with van der Waals surface area (Å²) in [7, 11) is 0. The lowest BCUT2D eigenvalue weighted by molar-refractivity contribution is 0.0730. The number of rotatable bonds is 3. The van der Waals surface area contributed by atoms with Crippen LogP contribution in [0.5, 0.6) is 0 Å². The zero-order chi connectivity index (χ0) is 19.8. The minimum atomic E-state index is -0.479. The standard InChI is InChI=1S/C21H20N4O3/c1-12-15(13(2)26)10-16(20(27)22-12)21(28)25-9-8-17-18(11-25)24-19(23-17)14-6-4-3-5-7-14/h3-7,10H,8-9,11H2,1-2H3,(H,22,27)(H,23,24). The molecule has 0 saturated heterocycles. The van der Waals surface area contributed by atoms with Gasteiger partial charge in [0.15, 0.2) is 5.78 Å². The number of Topliss-reactive ketones (excluding diaryl/α,β-unsaturated/α-hetero) is 1. The Morgan fingerprint density at radius 1 is 1.11 bits per heavy atom. The summed E-state index contributed by atoms with van der Waals surface area (Å²) < 4.78 is 0. The topological polar surface area (TPSA) is 98.9 Å². The number of aryl methyl sites for hydroxylation is 1. The van der Waals surface area contributed by atoms with Gasteiger partial charge in [-0.25, -0.2) is 4.98 Å². The number of benzene rings is 1. The van der Waals surface area contributed by atoms with Crippen LogP contribution in [0.25, 0.3) is 11.4 Å². The Hall–Kier alpha value is -3.48. The zero-order valence-corrected chi connectivity index (χ0v) is 15.7. The molecule has 1 aliphatic heterocycles. The summed E-state index contributed by atoms with van der Waals surface area (Å²) in [4.78, 5) is 49.2. The van der Waals surface area contributed by atoms with Crippen molar-refractivity contribution in [2.24, 2.45) is 0 Å². The van der Waals surface area contributed by atoms with Crippen LogP contribution in [0.15, 0.2) is 41.2 Å². The summed E-state index contributed by atoms with van der Waals surface area (Å²) in [5.41, 5.74) is 3.12. The molecule has 0 saturated carbocycles. The maximum atomic E-state index is 13.0. The number of hydrogen-bond acceptors (Lipinski definition) is 4. The molecule has 0 unspecified atom stereocenters. The Morgan fingerprint density at radius 3 is 2.57 bits per heavy atom. The third-order valence-electron chi connectivity index (χ3n) is 5.01. The van der Waals surface area contributed by atoms with Crippen LogP contribution in [-0.2, 0) is 13.0 Å². The number of nitrogens with zero attached hydrogens (tertiary/aromatic N) is 2. The fourth-order valence-electron chi connectivity index (χ4n) is 3.52. The molecule has 7 heteroatoms. The van der Waals surface area contributed by atoms with Crippen molar-refractivity contribution >= 4 is 11.7 Å². The number of nitrogens with one attached hydrogen (secondary N) is 2. The van der Waals surface area contributed by atoms with Crippen LogP contribution in [0, 0.1) is 6.92 Å². The number of aromatic amines is 2. The van der Waals surface area contributed by atoms with E-state index in [4.69, 9.17) is 0 Å². The van der Waals surface area contributed by atoms with Crippen LogP contribution in [0.1, 0.15) is 44.7 Å². The Balaban J connectivity index is 1.62. The second-order valence-corrected chi connectivity index (χ2v) is 6.96. The van der Waals surface area contributed by atoms with Gasteiger partial charge in [-0.3, -0.25) is 14.4 Å². The van der Waals surface area contributed by atoms with E-state index in [1.807, 2.05) is 30.3 Å². The largest absolute Gasteiger partial charge is 0.340 e. The molecular weight excluding hydrogens is 356 g/mol. The molecule has 1 aromatic carbocycles. The number of ketones is 1. The SMILES string of the molecule is CC(=O)c1cc(C(=O)N2CCc3nc(-c4ccccc4)[nH]c3C2)c(=O)[nH]c1C. The molecule has 142 valence electrons. The van der Waals surface area contributed by atoms with Gasteiger partial charge in [-0.05, 0) is 19.9 Å². The van der Waals surface area contributed by atoms with E-state index in [9.17, 15) is 14.4 Å². The van der Waals surface area contributed by atoms with Crippen molar-refractivity contribution in [1.82, 2.24) is 19.9 Å². The lowest BCUT2D eigenvalue weighted by atomic mass is 10.1. The van der Waals surface area contributed by atoms with Gasteiger partial charge >= 0.3 is 0 Å². The van der Waals surface area contributed by atoms with Crippen molar-refractivity contribution in [2.45, 2.75) is 26.8 Å². The zero-order valence-electron chi connectivity index (χ0n) is 15.7. The van der Waals surface area contributed by atoms with E-state index in [0.717, 1.165) is 22.8 Å². The summed E-state index contributed by atoms with van der Waals surface area (Å²) in [5.74, 6) is 0.196. The molecule has 3 heterocycles. The minimum Gasteiger partial charge on any atom is -0.340 e. The van der Waals surface area contributed by atoms with Crippen LogP contribution in [0.2, 0.25) is 0 Å². The van der Waals surface area contributed by atoms with Crippen molar-refractivity contribution in [2.75, 3.05) is 6.54 Å². The normalized spacial score (nSPS) is 13.3. The van der Waals surface area contributed by atoms with Crippen molar-refractivity contribution in [1.29, 1.82) is 0 Å².